The molecular weight excluding hydrogens is 316 g/mol. The molecule has 0 atom stereocenters. The van der Waals surface area contributed by atoms with Crippen molar-refractivity contribution in [3.05, 3.63) is 62.4 Å². The molecule has 0 spiro atoms. The van der Waals surface area contributed by atoms with Gasteiger partial charge in [0.05, 0.1) is 0 Å². The number of nitrogens with zero attached hydrogens (tertiary/aromatic N) is 2. The highest BCUT2D eigenvalue weighted by Crippen LogP contribution is 2.32. The predicted octanol–water partition coefficient (Wildman–Crippen LogP) is 1.68. The summed E-state index contributed by atoms with van der Waals surface area (Å²) in [5.41, 5.74) is 2.65. The van der Waals surface area contributed by atoms with Crippen LogP contribution in [0.4, 0.5) is 5.69 Å². The number of H-pyrrole nitrogens is 2. The molecular formula is C19H26N4O2. The van der Waals surface area contributed by atoms with Crippen molar-refractivity contribution in [2.45, 2.75) is 32.7 Å². The predicted molar refractivity (Wildman–Crippen MR) is 100 cm³/mol. The zero-order valence-corrected chi connectivity index (χ0v) is 15.1. The monoisotopic (exact) mass is 342 g/mol. The Balaban J connectivity index is 1.68. The van der Waals surface area contributed by atoms with E-state index in [4.69, 9.17) is 0 Å². The summed E-state index contributed by atoms with van der Waals surface area (Å²) in [6, 6.07) is 10.1. The van der Waals surface area contributed by atoms with Gasteiger partial charge < -0.3 is 9.88 Å². The first-order chi connectivity index (χ1) is 11.8. The van der Waals surface area contributed by atoms with Gasteiger partial charge in [-0.25, -0.2) is 4.79 Å². The summed E-state index contributed by atoms with van der Waals surface area (Å²) in [6.07, 6.45) is 0. The molecule has 2 aromatic rings. The van der Waals surface area contributed by atoms with Crippen LogP contribution in [0.15, 0.2) is 39.9 Å². The molecule has 2 heterocycles. The van der Waals surface area contributed by atoms with Crippen LogP contribution in [-0.4, -0.2) is 41.0 Å². The highest BCUT2D eigenvalue weighted by Gasteiger charge is 2.23. The van der Waals surface area contributed by atoms with Crippen molar-refractivity contribution >= 4 is 5.69 Å². The van der Waals surface area contributed by atoms with E-state index in [0.717, 1.165) is 26.2 Å². The summed E-state index contributed by atoms with van der Waals surface area (Å²) in [7, 11) is 0. The van der Waals surface area contributed by atoms with E-state index >= 15 is 0 Å². The van der Waals surface area contributed by atoms with E-state index in [2.05, 4.69) is 64.8 Å². The molecule has 134 valence electrons. The maximum atomic E-state index is 11.4. The molecule has 3 rings (SSSR count). The fourth-order valence-corrected chi connectivity index (χ4v) is 3.38. The third kappa shape index (κ3) is 4.20. The van der Waals surface area contributed by atoms with Crippen LogP contribution in [0.1, 0.15) is 32.0 Å². The van der Waals surface area contributed by atoms with Gasteiger partial charge in [-0.15, -0.1) is 0 Å². The van der Waals surface area contributed by atoms with Crippen LogP contribution in [0.2, 0.25) is 0 Å². The smallest absolute Gasteiger partial charge is 0.325 e. The molecule has 0 saturated carbocycles. The first-order valence-electron chi connectivity index (χ1n) is 8.72. The van der Waals surface area contributed by atoms with Crippen molar-refractivity contribution in [2.75, 3.05) is 31.1 Å². The van der Waals surface area contributed by atoms with Crippen LogP contribution in [0.25, 0.3) is 0 Å². The van der Waals surface area contributed by atoms with E-state index in [-0.39, 0.29) is 11.0 Å². The Morgan fingerprint density at radius 3 is 2.32 bits per heavy atom. The summed E-state index contributed by atoms with van der Waals surface area (Å²) in [5.74, 6) is 0. The largest absolute Gasteiger partial charge is 0.369 e. The molecule has 25 heavy (non-hydrogen) atoms. The highest BCUT2D eigenvalue weighted by atomic mass is 16.2. The van der Waals surface area contributed by atoms with Gasteiger partial charge in [0.25, 0.3) is 5.56 Å². The van der Waals surface area contributed by atoms with Gasteiger partial charge in [0.15, 0.2) is 0 Å². The molecule has 1 aliphatic rings. The van der Waals surface area contributed by atoms with Crippen LogP contribution in [0.3, 0.4) is 0 Å². The first-order valence-corrected chi connectivity index (χ1v) is 8.72. The Morgan fingerprint density at radius 2 is 1.68 bits per heavy atom. The maximum Gasteiger partial charge on any atom is 0.325 e. The van der Waals surface area contributed by atoms with Crippen LogP contribution >= 0.6 is 0 Å². The van der Waals surface area contributed by atoms with Gasteiger partial charge >= 0.3 is 5.69 Å². The third-order valence-corrected chi connectivity index (χ3v) is 4.64. The molecule has 0 bridgehead atoms. The fraction of sp³-hybridized carbons (Fsp3) is 0.474. The van der Waals surface area contributed by atoms with Crippen molar-refractivity contribution in [1.29, 1.82) is 0 Å². The van der Waals surface area contributed by atoms with E-state index in [1.54, 1.807) is 0 Å². The van der Waals surface area contributed by atoms with Crippen LogP contribution < -0.4 is 16.1 Å². The standard InChI is InChI=1S/C19H26N4O2/c1-19(2,3)15-6-4-5-7-16(15)23-10-8-22(9-11-23)13-14-12-17(24)21-18(25)20-14/h4-7,12H,8-11,13H2,1-3H3,(H2,20,21,24,25). The number of aromatic amines is 2. The first kappa shape index (κ1) is 17.5. The van der Waals surface area contributed by atoms with E-state index < -0.39 is 5.69 Å². The number of rotatable bonds is 3. The molecule has 2 N–H and O–H groups in total. The van der Waals surface area contributed by atoms with Gasteiger partial charge in [0.1, 0.15) is 0 Å². The number of hydrogen-bond acceptors (Lipinski definition) is 4. The summed E-state index contributed by atoms with van der Waals surface area (Å²) in [6.45, 7) is 11.0. The molecule has 6 heteroatoms. The van der Waals surface area contributed by atoms with Gasteiger partial charge in [-0.1, -0.05) is 39.0 Å². The topological polar surface area (TPSA) is 72.2 Å². The van der Waals surface area contributed by atoms with E-state index in [0.29, 0.717) is 12.2 Å². The minimum absolute atomic E-state index is 0.109. The van der Waals surface area contributed by atoms with Gasteiger partial charge in [0.2, 0.25) is 0 Å². The molecule has 1 aliphatic heterocycles. The third-order valence-electron chi connectivity index (χ3n) is 4.64. The van der Waals surface area contributed by atoms with Crippen LogP contribution in [0.5, 0.6) is 0 Å². The fourth-order valence-electron chi connectivity index (χ4n) is 3.38. The Kier molecular flexibility index (Phi) is 4.81. The Labute approximate surface area is 147 Å². The van der Waals surface area contributed by atoms with Crippen molar-refractivity contribution in [1.82, 2.24) is 14.9 Å². The Morgan fingerprint density at radius 1 is 1.00 bits per heavy atom. The Bertz CT molecular complexity index is 811. The minimum Gasteiger partial charge on any atom is -0.369 e. The number of aromatic nitrogens is 2. The SMILES string of the molecule is CC(C)(C)c1ccccc1N1CCN(Cc2cc(=O)[nH]c(=O)[nH]2)CC1. The summed E-state index contributed by atoms with van der Waals surface area (Å²) < 4.78 is 0. The lowest BCUT2D eigenvalue weighted by molar-refractivity contribution is 0.246. The van der Waals surface area contributed by atoms with Gasteiger partial charge in [-0.3, -0.25) is 14.7 Å². The number of anilines is 1. The molecule has 0 aliphatic carbocycles. The number of benzene rings is 1. The van der Waals surface area contributed by atoms with Gasteiger partial charge in [0, 0.05) is 50.2 Å². The number of hydrogen-bond donors (Lipinski definition) is 2. The van der Waals surface area contributed by atoms with Crippen molar-refractivity contribution in [2.24, 2.45) is 0 Å². The molecule has 1 fully saturated rings. The van der Waals surface area contributed by atoms with Crippen molar-refractivity contribution < 1.29 is 0 Å². The zero-order chi connectivity index (χ0) is 18.0. The maximum absolute atomic E-state index is 11.4. The second-order valence-corrected chi connectivity index (χ2v) is 7.64. The average Bonchev–Trinajstić information content (AvgIpc) is 2.54. The quantitative estimate of drug-likeness (QED) is 0.890. The second-order valence-electron chi connectivity index (χ2n) is 7.64. The summed E-state index contributed by atoms with van der Waals surface area (Å²) in [4.78, 5) is 32.4. The molecule has 0 amide bonds. The lowest BCUT2D eigenvalue weighted by atomic mass is 9.85. The summed E-state index contributed by atoms with van der Waals surface area (Å²) >= 11 is 0. The highest BCUT2D eigenvalue weighted by molar-refractivity contribution is 5.56. The van der Waals surface area contributed by atoms with Crippen molar-refractivity contribution in [3.63, 3.8) is 0 Å². The normalized spacial score (nSPS) is 16.2. The molecule has 0 unspecified atom stereocenters. The van der Waals surface area contributed by atoms with E-state index in [9.17, 15) is 9.59 Å². The zero-order valence-electron chi connectivity index (χ0n) is 15.1. The lowest BCUT2D eigenvalue weighted by Crippen LogP contribution is -2.47. The van der Waals surface area contributed by atoms with E-state index in [1.165, 1.54) is 17.3 Å². The molecule has 1 aromatic carbocycles. The summed E-state index contributed by atoms with van der Waals surface area (Å²) in [5, 5.41) is 0. The molecule has 1 saturated heterocycles. The van der Waals surface area contributed by atoms with Crippen LogP contribution in [0, 0.1) is 0 Å². The van der Waals surface area contributed by atoms with Gasteiger partial charge in [-0.2, -0.15) is 0 Å². The second kappa shape index (κ2) is 6.88. The lowest BCUT2D eigenvalue weighted by Gasteiger charge is -2.38. The average molecular weight is 342 g/mol. The van der Waals surface area contributed by atoms with Crippen molar-refractivity contribution in [3.8, 4) is 0 Å². The number of nitrogens with one attached hydrogen (secondary N) is 2. The van der Waals surface area contributed by atoms with Gasteiger partial charge in [-0.05, 0) is 17.0 Å². The minimum atomic E-state index is -0.444. The number of para-hydroxylation sites is 1. The Hall–Kier alpha value is -2.34. The van der Waals surface area contributed by atoms with E-state index in [1.807, 2.05) is 0 Å². The van der Waals surface area contributed by atoms with Crippen LogP contribution in [-0.2, 0) is 12.0 Å². The molecule has 6 nitrogen and oxygen atoms in total. The molecule has 1 aromatic heterocycles. The number of piperazine rings is 1. The molecule has 0 radical (unpaired) electrons.